The van der Waals surface area contributed by atoms with E-state index < -0.39 is 10.0 Å². The molecule has 1 heterocycles. The summed E-state index contributed by atoms with van der Waals surface area (Å²) in [6, 6.07) is 15.7. The normalized spacial score (nSPS) is 26.7. The third kappa shape index (κ3) is 2.42. The summed E-state index contributed by atoms with van der Waals surface area (Å²) in [5, 5.41) is 0. The Morgan fingerprint density at radius 3 is 2.44 bits per heavy atom. The highest BCUT2D eigenvalue weighted by atomic mass is 32.2. The molecule has 0 unspecified atom stereocenters. The van der Waals surface area contributed by atoms with E-state index in [1.54, 1.807) is 16.4 Å². The van der Waals surface area contributed by atoms with E-state index in [2.05, 4.69) is 31.2 Å². The van der Waals surface area contributed by atoms with Gasteiger partial charge in [0, 0.05) is 18.2 Å². The van der Waals surface area contributed by atoms with E-state index in [-0.39, 0.29) is 0 Å². The Labute approximate surface area is 161 Å². The van der Waals surface area contributed by atoms with Gasteiger partial charge in [0.15, 0.2) is 0 Å². The Morgan fingerprint density at radius 1 is 0.963 bits per heavy atom. The molecular weight excluding hydrogens is 354 g/mol. The monoisotopic (exact) mass is 379 g/mol. The third-order valence-electron chi connectivity index (χ3n) is 6.71. The van der Waals surface area contributed by atoms with E-state index in [4.69, 9.17) is 0 Å². The summed E-state index contributed by atoms with van der Waals surface area (Å²) >= 11 is 0. The molecule has 0 bridgehead atoms. The van der Waals surface area contributed by atoms with Gasteiger partial charge >= 0.3 is 0 Å². The summed E-state index contributed by atoms with van der Waals surface area (Å²) in [5.74, 6) is 1.43. The van der Waals surface area contributed by atoms with E-state index in [9.17, 15) is 8.42 Å². The van der Waals surface area contributed by atoms with Crippen LogP contribution in [0.2, 0.25) is 0 Å². The van der Waals surface area contributed by atoms with Crippen molar-refractivity contribution in [3.05, 3.63) is 70.9 Å². The maximum atomic E-state index is 13.5. The molecule has 27 heavy (non-hydrogen) atoms. The Kier molecular flexibility index (Phi) is 3.77. The summed E-state index contributed by atoms with van der Waals surface area (Å²) in [6.45, 7) is 4.75. The average molecular weight is 380 g/mol. The number of hydrogen-bond donors (Lipinski definition) is 0. The van der Waals surface area contributed by atoms with Crippen molar-refractivity contribution in [2.75, 3.05) is 6.54 Å². The van der Waals surface area contributed by atoms with Crippen molar-refractivity contribution in [1.29, 1.82) is 0 Å². The van der Waals surface area contributed by atoms with Crippen molar-refractivity contribution in [3.8, 4) is 0 Å². The predicted molar refractivity (Wildman–Crippen MR) is 107 cm³/mol. The topological polar surface area (TPSA) is 37.4 Å². The van der Waals surface area contributed by atoms with Gasteiger partial charge in [0.25, 0.3) is 10.0 Å². The van der Waals surface area contributed by atoms with Crippen LogP contribution in [0.4, 0.5) is 0 Å². The quantitative estimate of drug-likeness (QED) is 0.771. The SMILES string of the molecule is Cc1ccc(S(=O)(=O)N2C[C@@H]3CCC[C@@H]4C(c5ccccc5C)=C2[C@H]34)cc1. The maximum absolute atomic E-state index is 13.5. The molecule has 2 fully saturated rings. The second-order valence-corrected chi connectivity index (χ2v) is 10.1. The molecule has 3 nitrogen and oxygen atoms in total. The van der Waals surface area contributed by atoms with Crippen LogP contribution >= 0.6 is 0 Å². The van der Waals surface area contributed by atoms with Gasteiger partial charge in [-0.2, -0.15) is 0 Å². The largest absolute Gasteiger partial charge is 0.269 e. The van der Waals surface area contributed by atoms with Crippen LogP contribution in [-0.4, -0.2) is 19.3 Å². The molecule has 0 spiro atoms. The van der Waals surface area contributed by atoms with Crippen LogP contribution in [0.25, 0.3) is 5.57 Å². The molecular formula is C23H25NO2S. The van der Waals surface area contributed by atoms with Gasteiger partial charge in [0.05, 0.1) is 4.90 Å². The van der Waals surface area contributed by atoms with Crippen LogP contribution in [-0.2, 0) is 10.0 Å². The highest BCUT2D eigenvalue weighted by Crippen LogP contribution is 2.61. The smallest absolute Gasteiger partial charge is 0.264 e. The lowest BCUT2D eigenvalue weighted by Gasteiger charge is -2.45. The molecule has 2 aliphatic carbocycles. The van der Waals surface area contributed by atoms with E-state index in [0.717, 1.165) is 17.7 Å². The molecule has 0 N–H and O–H groups in total. The summed E-state index contributed by atoms with van der Waals surface area (Å²) in [5.41, 5.74) is 5.92. The summed E-state index contributed by atoms with van der Waals surface area (Å²) in [4.78, 5) is 0.409. The van der Waals surface area contributed by atoms with Crippen LogP contribution in [0.15, 0.2) is 59.1 Å². The van der Waals surface area contributed by atoms with E-state index >= 15 is 0 Å². The first-order valence-corrected chi connectivity index (χ1v) is 11.3. The van der Waals surface area contributed by atoms with Crippen molar-refractivity contribution < 1.29 is 8.42 Å². The lowest BCUT2D eigenvalue weighted by Crippen LogP contribution is -2.38. The number of aryl methyl sites for hydroxylation is 2. The second-order valence-electron chi connectivity index (χ2n) is 8.29. The highest BCUT2D eigenvalue weighted by Gasteiger charge is 2.56. The van der Waals surface area contributed by atoms with Crippen molar-refractivity contribution >= 4 is 15.6 Å². The molecule has 3 aliphatic rings. The standard InChI is InChI=1S/C23H25NO2S/c1-15-10-12-18(13-11-15)27(25,26)24-14-17-7-5-9-20-21(17)23(24)22(20)19-8-4-3-6-16(19)2/h3-4,6,8,10-13,17,20-21H,5,7,9,14H2,1-2H3/t17-,20-,21+/m0/s1. The Hall–Kier alpha value is -2.07. The fraction of sp³-hybridized carbons (Fsp3) is 0.391. The maximum Gasteiger partial charge on any atom is 0.264 e. The number of nitrogens with zero attached hydrogens (tertiary/aromatic N) is 1. The minimum atomic E-state index is -3.50. The number of sulfonamides is 1. The number of hydrogen-bond acceptors (Lipinski definition) is 2. The fourth-order valence-corrected chi connectivity index (χ4v) is 6.99. The molecule has 1 saturated carbocycles. The summed E-state index contributed by atoms with van der Waals surface area (Å²) in [6.07, 6.45) is 3.53. The van der Waals surface area contributed by atoms with Crippen molar-refractivity contribution in [3.63, 3.8) is 0 Å². The van der Waals surface area contributed by atoms with Crippen molar-refractivity contribution in [2.24, 2.45) is 17.8 Å². The van der Waals surface area contributed by atoms with E-state index in [0.29, 0.717) is 29.2 Å². The fourth-order valence-electron chi connectivity index (χ4n) is 5.39. The van der Waals surface area contributed by atoms with Gasteiger partial charge in [0.2, 0.25) is 0 Å². The van der Waals surface area contributed by atoms with Gasteiger partial charge in [-0.15, -0.1) is 0 Å². The average Bonchev–Trinajstić information content (AvgIpc) is 3.02. The summed E-state index contributed by atoms with van der Waals surface area (Å²) in [7, 11) is -3.50. The Balaban J connectivity index is 1.66. The van der Waals surface area contributed by atoms with Gasteiger partial charge in [-0.3, -0.25) is 4.31 Å². The van der Waals surface area contributed by atoms with Crippen LogP contribution in [0, 0.1) is 31.6 Å². The number of benzene rings is 2. The molecule has 140 valence electrons. The van der Waals surface area contributed by atoms with Gasteiger partial charge in [-0.05, 0) is 67.4 Å². The number of allylic oxidation sites excluding steroid dienone is 2. The molecule has 0 aromatic heterocycles. The molecule has 2 aromatic carbocycles. The van der Waals surface area contributed by atoms with Crippen LogP contribution in [0.3, 0.4) is 0 Å². The highest BCUT2D eigenvalue weighted by molar-refractivity contribution is 7.89. The molecule has 3 atom stereocenters. The molecule has 0 amide bonds. The zero-order valence-electron chi connectivity index (χ0n) is 15.9. The molecule has 2 aromatic rings. The van der Waals surface area contributed by atoms with Gasteiger partial charge in [0.1, 0.15) is 0 Å². The minimum absolute atomic E-state index is 0.409. The lowest BCUT2D eigenvalue weighted by molar-refractivity contribution is 0.239. The molecule has 4 heteroatoms. The third-order valence-corrected chi connectivity index (χ3v) is 8.50. The van der Waals surface area contributed by atoms with Crippen LogP contribution < -0.4 is 0 Å². The zero-order chi connectivity index (χ0) is 18.8. The van der Waals surface area contributed by atoms with E-state index in [1.165, 1.54) is 29.5 Å². The summed E-state index contributed by atoms with van der Waals surface area (Å²) < 4.78 is 28.7. The first kappa shape index (κ1) is 17.1. The second kappa shape index (κ2) is 5.96. The van der Waals surface area contributed by atoms with Gasteiger partial charge in [-0.25, -0.2) is 8.42 Å². The van der Waals surface area contributed by atoms with Crippen molar-refractivity contribution in [2.45, 2.75) is 38.0 Å². The van der Waals surface area contributed by atoms with Crippen LogP contribution in [0.5, 0.6) is 0 Å². The Bertz CT molecular complexity index is 1040. The molecule has 5 rings (SSSR count). The Morgan fingerprint density at radius 2 is 1.70 bits per heavy atom. The zero-order valence-corrected chi connectivity index (χ0v) is 16.7. The molecule has 1 aliphatic heterocycles. The first-order valence-electron chi connectivity index (χ1n) is 9.88. The minimum Gasteiger partial charge on any atom is -0.269 e. The van der Waals surface area contributed by atoms with Gasteiger partial charge in [-0.1, -0.05) is 48.4 Å². The first-order chi connectivity index (χ1) is 13.0. The van der Waals surface area contributed by atoms with Gasteiger partial charge < -0.3 is 0 Å². The van der Waals surface area contributed by atoms with Crippen molar-refractivity contribution in [1.82, 2.24) is 4.31 Å². The molecule has 0 radical (unpaired) electrons. The lowest BCUT2D eigenvalue weighted by atomic mass is 9.60. The molecule has 1 saturated heterocycles. The predicted octanol–water partition coefficient (Wildman–Crippen LogP) is 4.77. The number of rotatable bonds is 3. The van der Waals surface area contributed by atoms with Crippen LogP contribution in [0.1, 0.15) is 36.0 Å². The van der Waals surface area contributed by atoms with E-state index in [1.807, 2.05) is 19.1 Å².